The van der Waals surface area contributed by atoms with E-state index in [9.17, 15) is 13.2 Å². The summed E-state index contributed by atoms with van der Waals surface area (Å²) in [6, 6.07) is 0. The zero-order valence-electron chi connectivity index (χ0n) is 7.93. The number of nitrogens with one attached hydrogen (secondary N) is 1. The van der Waals surface area contributed by atoms with Crippen molar-refractivity contribution in [2.75, 3.05) is 25.2 Å². The van der Waals surface area contributed by atoms with Crippen molar-refractivity contribution < 1.29 is 23.4 Å². The van der Waals surface area contributed by atoms with Crippen LogP contribution in [0.3, 0.4) is 0 Å². The number of carbonyl (C=O) groups excluding carboxylic acids is 1. The van der Waals surface area contributed by atoms with E-state index in [1.165, 1.54) is 0 Å². The van der Waals surface area contributed by atoms with Gasteiger partial charge in [0, 0.05) is 19.2 Å². The normalized spacial score (nSPS) is 13.6. The molecule has 0 aromatic heterocycles. The van der Waals surface area contributed by atoms with Gasteiger partial charge in [-0.25, -0.2) is 8.42 Å². The Labute approximate surface area is 82.9 Å². The van der Waals surface area contributed by atoms with Gasteiger partial charge < -0.3 is 15.5 Å². The highest BCUT2D eigenvalue weighted by Gasteiger charge is 2.09. The van der Waals surface area contributed by atoms with Crippen LogP contribution in [0.5, 0.6) is 0 Å². The van der Waals surface area contributed by atoms with Crippen molar-refractivity contribution in [2.24, 2.45) is 0 Å². The maximum Gasteiger partial charge on any atom is 0.221 e. The van der Waals surface area contributed by atoms with Gasteiger partial charge in [0.05, 0.1) is 18.5 Å². The van der Waals surface area contributed by atoms with E-state index in [0.29, 0.717) is 0 Å². The third-order valence-corrected chi connectivity index (χ3v) is 2.39. The lowest BCUT2D eigenvalue weighted by Gasteiger charge is -2.08. The monoisotopic (exact) mass is 225 g/mol. The van der Waals surface area contributed by atoms with E-state index < -0.39 is 28.5 Å². The molecule has 0 fully saturated rings. The molecule has 14 heavy (non-hydrogen) atoms. The molecule has 0 rings (SSSR count). The number of hydrogen-bond donors (Lipinski definition) is 3. The van der Waals surface area contributed by atoms with Crippen LogP contribution in [0.25, 0.3) is 0 Å². The number of aliphatic hydroxyl groups is 2. The van der Waals surface area contributed by atoms with Crippen molar-refractivity contribution in [3.63, 3.8) is 0 Å². The van der Waals surface area contributed by atoms with Gasteiger partial charge in [0.15, 0.2) is 0 Å². The van der Waals surface area contributed by atoms with Crippen molar-refractivity contribution in [2.45, 2.75) is 12.5 Å². The first-order valence-corrected chi connectivity index (χ1v) is 6.14. The minimum absolute atomic E-state index is 0.0703. The van der Waals surface area contributed by atoms with Gasteiger partial charge >= 0.3 is 0 Å². The summed E-state index contributed by atoms with van der Waals surface area (Å²) in [6.45, 7) is -0.508. The summed E-state index contributed by atoms with van der Waals surface area (Å²) < 4.78 is 21.3. The van der Waals surface area contributed by atoms with E-state index in [1.807, 2.05) is 0 Å². The molecule has 0 aliphatic rings. The molecule has 3 N–H and O–H groups in total. The number of hydrogen-bond acceptors (Lipinski definition) is 5. The summed E-state index contributed by atoms with van der Waals surface area (Å²) in [5.41, 5.74) is 0. The van der Waals surface area contributed by atoms with E-state index in [0.717, 1.165) is 6.26 Å². The summed E-state index contributed by atoms with van der Waals surface area (Å²) in [4.78, 5) is 10.9. The van der Waals surface area contributed by atoms with E-state index in [-0.39, 0.29) is 18.7 Å². The van der Waals surface area contributed by atoms with Crippen molar-refractivity contribution in [1.82, 2.24) is 5.32 Å². The van der Waals surface area contributed by atoms with Crippen LogP contribution in [0.15, 0.2) is 0 Å². The fourth-order valence-electron chi connectivity index (χ4n) is 0.663. The Balaban J connectivity index is 3.67. The van der Waals surface area contributed by atoms with E-state index >= 15 is 0 Å². The molecular weight excluding hydrogens is 210 g/mol. The Bertz CT molecular complexity index is 274. The third kappa shape index (κ3) is 7.96. The summed E-state index contributed by atoms with van der Waals surface area (Å²) >= 11 is 0. The summed E-state index contributed by atoms with van der Waals surface area (Å²) in [5.74, 6) is -0.670. The molecule has 1 unspecified atom stereocenters. The first-order chi connectivity index (χ1) is 6.35. The largest absolute Gasteiger partial charge is 0.394 e. The lowest BCUT2D eigenvalue weighted by atomic mass is 10.3. The Kier molecular flexibility index (Phi) is 5.66. The fourth-order valence-corrected chi connectivity index (χ4v) is 1.22. The average Bonchev–Trinajstić information content (AvgIpc) is 2.09. The predicted molar refractivity (Wildman–Crippen MR) is 50.4 cm³/mol. The van der Waals surface area contributed by atoms with Gasteiger partial charge in [-0.15, -0.1) is 0 Å². The summed E-state index contributed by atoms with van der Waals surface area (Å²) in [5, 5.41) is 19.6. The number of carbonyl (C=O) groups is 1. The quantitative estimate of drug-likeness (QED) is 0.480. The van der Waals surface area contributed by atoms with Crippen LogP contribution in [0.2, 0.25) is 0 Å². The van der Waals surface area contributed by atoms with Gasteiger partial charge in [0.2, 0.25) is 5.91 Å². The molecule has 0 heterocycles. The molecule has 7 heteroatoms. The second-order valence-electron chi connectivity index (χ2n) is 3.02. The third-order valence-electron chi connectivity index (χ3n) is 1.45. The highest BCUT2D eigenvalue weighted by Crippen LogP contribution is 1.89. The molecule has 6 nitrogen and oxygen atoms in total. The second kappa shape index (κ2) is 5.94. The van der Waals surface area contributed by atoms with Crippen LogP contribution in [-0.4, -0.2) is 55.8 Å². The molecule has 0 saturated carbocycles. The first kappa shape index (κ1) is 13.3. The molecule has 84 valence electrons. The average molecular weight is 225 g/mol. The molecule has 0 saturated heterocycles. The van der Waals surface area contributed by atoms with Crippen LogP contribution in [0.1, 0.15) is 6.42 Å². The Hall–Kier alpha value is -0.660. The van der Waals surface area contributed by atoms with Crippen LogP contribution in [0.4, 0.5) is 0 Å². The lowest BCUT2D eigenvalue weighted by molar-refractivity contribution is -0.121. The van der Waals surface area contributed by atoms with E-state index in [4.69, 9.17) is 10.2 Å². The molecule has 0 aliphatic carbocycles. The molecule has 0 aromatic carbocycles. The van der Waals surface area contributed by atoms with Gasteiger partial charge in [-0.2, -0.15) is 0 Å². The van der Waals surface area contributed by atoms with Gasteiger partial charge in [-0.3, -0.25) is 4.79 Å². The highest BCUT2D eigenvalue weighted by atomic mass is 32.2. The molecule has 0 aromatic rings. The lowest BCUT2D eigenvalue weighted by Crippen LogP contribution is -2.34. The first-order valence-electron chi connectivity index (χ1n) is 4.08. The molecule has 0 aliphatic heterocycles. The minimum Gasteiger partial charge on any atom is -0.394 e. The van der Waals surface area contributed by atoms with Crippen molar-refractivity contribution in [3.05, 3.63) is 0 Å². The van der Waals surface area contributed by atoms with Crippen molar-refractivity contribution in [3.8, 4) is 0 Å². The summed E-state index contributed by atoms with van der Waals surface area (Å²) in [6.07, 6.45) is -0.0861. The number of amides is 1. The van der Waals surface area contributed by atoms with Crippen LogP contribution >= 0.6 is 0 Å². The molecular formula is C7H15NO5S. The molecule has 1 atom stereocenters. The zero-order chi connectivity index (χ0) is 11.2. The molecule has 0 spiro atoms. The van der Waals surface area contributed by atoms with Crippen LogP contribution < -0.4 is 5.32 Å². The van der Waals surface area contributed by atoms with Gasteiger partial charge in [-0.1, -0.05) is 0 Å². The Morgan fingerprint density at radius 1 is 1.50 bits per heavy atom. The van der Waals surface area contributed by atoms with Crippen LogP contribution in [-0.2, 0) is 14.6 Å². The minimum atomic E-state index is -3.14. The van der Waals surface area contributed by atoms with Crippen LogP contribution in [0, 0.1) is 0 Å². The maximum absolute atomic E-state index is 10.9. The highest BCUT2D eigenvalue weighted by molar-refractivity contribution is 7.90. The second-order valence-corrected chi connectivity index (χ2v) is 5.28. The topological polar surface area (TPSA) is 104 Å². The standard InChI is InChI=1S/C7H15NO5S/c1-14(12,13)3-2-7(11)8-4-6(10)5-9/h6,9-10H,2-5H2,1H3,(H,8,11). The van der Waals surface area contributed by atoms with Crippen molar-refractivity contribution in [1.29, 1.82) is 0 Å². The van der Waals surface area contributed by atoms with E-state index in [2.05, 4.69) is 5.32 Å². The zero-order valence-corrected chi connectivity index (χ0v) is 8.75. The number of rotatable bonds is 6. The summed E-state index contributed by atoms with van der Waals surface area (Å²) in [7, 11) is -3.14. The van der Waals surface area contributed by atoms with Gasteiger partial charge in [0.1, 0.15) is 9.84 Å². The van der Waals surface area contributed by atoms with Crippen molar-refractivity contribution >= 4 is 15.7 Å². The number of sulfone groups is 1. The number of aliphatic hydroxyl groups excluding tert-OH is 2. The van der Waals surface area contributed by atoms with E-state index in [1.54, 1.807) is 0 Å². The fraction of sp³-hybridized carbons (Fsp3) is 0.857. The Morgan fingerprint density at radius 3 is 2.50 bits per heavy atom. The van der Waals surface area contributed by atoms with Gasteiger partial charge in [-0.05, 0) is 0 Å². The SMILES string of the molecule is CS(=O)(=O)CCC(=O)NCC(O)CO. The molecule has 1 amide bonds. The maximum atomic E-state index is 10.9. The van der Waals surface area contributed by atoms with Gasteiger partial charge in [0.25, 0.3) is 0 Å². The molecule has 0 bridgehead atoms. The molecule has 0 radical (unpaired) electrons. The smallest absolute Gasteiger partial charge is 0.221 e. The predicted octanol–water partition coefficient (Wildman–Crippen LogP) is -2.11. The Morgan fingerprint density at radius 2 is 2.07 bits per heavy atom.